The molecule has 0 aliphatic rings. The summed E-state index contributed by atoms with van der Waals surface area (Å²) in [5.41, 5.74) is 5.70. The Labute approximate surface area is 103 Å². The Morgan fingerprint density at radius 3 is 2.53 bits per heavy atom. The highest BCUT2D eigenvalue weighted by atomic mass is 32.2. The average molecular weight is 265 g/mol. The van der Waals surface area contributed by atoms with Gasteiger partial charge in [0.05, 0.1) is 5.75 Å². The molecule has 0 saturated carbocycles. The van der Waals surface area contributed by atoms with Crippen LogP contribution in [0, 0.1) is 0 Å². The molecule has 0 spiro atoms. The second kappa shape index (κ2) is 8.43. The molecule has 0 fully saturated rings. The van der Waals surface area contributed by atoms with Gasteiger partial charge in [0, 0.05) is 25.6 Å². The van der Waals surface area contributed by atoms with Gasteiger partial charge in [0.1, 0.15) is 0 Å². The summed E-state index contributed by atoms with van der Waals surface area (Å²) in [6.45, 7) is 4.19. The minimum atomic E-state index is -3.26. The van der Waals surface area contributed by atoms with Crippen LogP contribution in [0.25, 0.3) is 0 Å². The molecule has 17 heavy (non-hydrogen) atoms. The van der Waals surface area contributed by atoms with Crippen LogP contribution in [0.4, 0.5) is 0 Å². The fourth-order valence-corrected chi connectivity index (χ4v) is 2.36. The van der Waals surface area contributed by atoms with Crippen molar-refractivity contribution in [3.05, 3.63) is 0 Å². The van der Waals surface area contributed by atoms with Crippen LogP contribution in [-0.4, -0.2) is 39.2 Å². The van der Waals surface area contributed by atoms with E-state index >= 15 is 0 Å². The van der Waals surface area contributed by atoms with Crippen molar-refractivity contribution < 1.29 is 13.2 Å². The monoisotopic (exact) mass is 265 g/mol. The van der Waals surface area contributed by atoms with E-state index in [9.17, 15) is 13.2 Å². The smallest absolute Gasteiger partial charge is 0.221 e. The Hall–Kier alpha value is -0.660. The van der Waals surface area contributed by atoms with Crippen LogP contribution in [-0.2, 0) is 14.8 Å². The summed E-state index contributed by atoms with van der Waals surface area (Å²) < 4.78 is 24.9. The zero-order valence-corrected chi connectivity index (χ0v) is 11.3. The number of sulfonamides is 1. The maximum absolute atomic E-state index is 11.4. The van der Waals surface area contributed by atoms with Crippen molar-refractivity contribution in [1.82, 2.24) is 10.0 Å². The van der Waals surface area contributed by atoms with E-state index in [0.717, 1.165) is 12.8 Å². The molecule has 0 aliphatic heterocycles. The number of carbonyl (C=O) groups excluding carboxylic acids is 1. The molecular weight excluding hydrogens is 242 g/mol. The second-order valence-corrected chi connectivity index (χ2v) is 5.85. The molecule has 1 amide bonds. The molecule has 1 unspecified atom stereocenters. The molecule has 1 atom stereocenters. The van der Waals surface area contributed by atoms with E-state index in [1.807, 2.05) is 6.92 Å². The molecule has 0 bridgehead atoms. The molecule has 0 rings (SSSR count). The fraction of sp³-hybridized carbons (Fsp3) is 0.900. The molecule has 0 aromatic heterocycles. The summed E-state index contributed by atoms with van der Waals surface area (Å²) in [5, 5.41) is 2.55. The van der Waals surface area contributed by atoms with Crippen LogP contribution in [0.2, 0.25) is 0 Å². The normalized spacial score (nSPS) is 13.4. The lowest BCUT2D eigenvalue weighted by atomic mass is 10.1. The van der Waals surface area contributed by atoms with Crippen LogP contribution >= 0.6 is 0 Å². The van der Waals surface area contributed by atoms with E-state index in [0.29, 0.717) is 6.54 Å². The van der Waals surface area contributed by atoms with Crippen LogP contribution < -0.4 is 15.8 Å². The van der Waals surface area contributed by atoms with Gasteiger partial charge < -0.3 is 11.1 Å². The van der Waals surface area contributed by atoms with Gasteiger partial charge in [-0.05, 0) is 6.42 Å². The first kappa shape index (κ1) is 16.3. The van der Waals surface area contributed by atoms with E-state index in [1.165, 1.54) is 0 Å². The molecule has 0 aromatic carbocycles. The number of rotatable bonds is 9. The fourth-order valence-electron chi connectivity index (χ4n) is 1.40. The van der Waals surface area contributed by atoms with Gasteiger partial charge in [-0.1, -0.05) is 20.3 Å². The Morgan fingerprint density at radius 2 is 2.00 bits per heavy atom. The lowest BCUT2D eigenvalue weighted by Gasteiger charge is -2.10. The van der Waals surface area contributed by atoms with Crippen molar-refractivity contribution in [2.45, 2.75) is 39.2 Å². The Bertz CT molecular complexity index is 317. The highest BCUT2D eigenvalue weighted by molar-refractivity contribution is 7.89. The first-order valence-corrected chi connectivity index (χ1v) is 7.56. The number of hydrogen-bond acceptors (Lipinski definition) is 4. The third-order valence-corrected chi connectivity index (χ3v) is 3.63. The van der Waals surface area contributed by atoms with Gasteiger partial charge in [0.25, 0.3) is 0 Å². The molecular formula is C10H23N3O3S. The standard InChI is InChI=1S/C10H23N3O3S/c1-3-5-9(11)8-10(14)12-6-7-17(15,16)13-4-2/h9,13H,3-8,11H2,1-2H3,(H,12,14). The largest absolute Gasteiger partial charge is 0.355 e. The van der Waals surface area contributed by atoms with Crippen molar-refractivity contribution in [3.8, 4) is 0 Å². The van der Waals surface area contributed by atoms with Crippen molar-refractivity contribution >= 4 is 15.9 Å². The third kappa shape index (κ3) is 9.08. The molecule has 102 valence electrons. The van der Waals surface area contributed by atoms with Crippen LogP contribution in [0.15, 0.2) is 0 Å². The van der Waals surface area contributed by atoms with Gasteiger partial charge in [-0.2, -0.15) is 0 Å². The van der Waals surface area contributed by atoms with Crippen molar-refractivity contribution in [2.75, 3.05) is 18.8 Å². The SMILES string of the molecule is CCCC(N)CC(=O)NCCS(=O)(=O)NCC. The van der Waals surface area contributed by atoms with Gasteiger partial charge in [-0.25, -0.2) is 13.1 Å². The molecule has 0 heterocycles. The van der Waals surface area contributed by atoms with E-state index in [-0.39, 0.29) is 30.7 Å². The predicted octanol–water partition coefficient (Wildman–Crippen LogP) is -0.441. The van der Waals surface area contributed by atoms with E-state index < -0.39 is 10.0 Å². The molecule has 0 radical (unpaired) electrons. The third-order valence-electron chi connectivity index (χ3n) is 2.16. The average Bonchev–Trinajstić information content (AvgIpc) is 2.16. The molecule has 7 heteroatoms. The van der Waals surface area contributed by atoms with E-state index in [1.54, 1.807) is 6.92 Å². The minimum Gasteiger partial charge on any atom is -0.355 e. The lowest BCUT2D eigenvalue weighted by Crippen LogP contribution is -2.36. The summed E-state index contributed by atoms with van der Waals surface area (Å²) in [6.07, 6.45) is 1.97. The maximum atomic E-state index is 11.4. The zero-order valence-electron chi connectivity index (χ0n) is 10.5. The Morgan fingerprint density at radius 1 is 1.35 bits per heavy atom. The minimum absolute atomic E-state index is 0.102. The number of carbonyl (C=O) groups is 1. The zero-order chi connectivity index (χ0) is 13.3. The number of amides is 1. The van der Waals surface area contributed by atoms with E-state index in [4.69, 9.17) is 5.73 Å². The molecule has 4 N–H and O–H groups in total. The van der Waals surface area contributed by atoms with Crippen molar-refractivity contribution in [2.24, 2.45) is 5.73 Å². The van der Waals surface area contributed by atoms with Gasteiger partial charge >= 0.3 is 0 Å². The Balaban J connectivity index is 3.78. The summed E-state index contributed by atoms with van der Waals surface area (Å²) in [6, 6.07) is -0.148. The van der Waals surface area contributed by atoms with Crippen LogP contribution in [0.5, 0.6) is 0 Å². The van der Waals surface area contributed by atoms with Crippen LogP contribution in [0.3, 0.4) is 0 Å². The molecule has 0 aromatic rings. The van der Waals surface area contributed by atoms with Gasteiger partial charge in [0.2, 0.25) is 15.9 Å². The van der Waals surface area contributed by atoms with Gasteiger partial charge in [-0.15, -0.1) is 0 Å². The first-order chi connectivity index (χ1) is 7.91. The van der Waals surface area contributed by atoms with E-state index in [2.05, 4.69) is 10.0 Å². The second-order valence-electron chi connectivity index (χ2n) is 3.92. The van der Waals surface area contributed by atoms with Crippen molar-refractivity contribution in [3.63, 3.8) is 0 Å². The maximum Gasteiger partial charge on any atom is 0.221 e. The van der Waals surface area contributed by atoms with Gasteiger partial charge in [-0.3, -0.25) is 4.79 Å². The lowest BCUT2D eigenvalue weighted by molar-refractivity contribution is -0.121. The molecule has 0 aliphatic carbocycles. The first-order valence-electron chi connectivity index (χ1n) is 5.90. The summed E-state index contributed by atoms with van der Waals surface area (Å²) in [4.78, 5) is 11.4. The summed E-state index contributed by atoms with van der Waals surface area (Å²) in [7, 11) is -3.26. The summed E-state index contributed by atoms with van der Waals surface area (Å²) in [5.74, 6) is -0.298. The number of nitrogens with two attached hydrogens (primary N) is 1. The van der Waals surface area contributed by atoms with Gasteiger partial charge in [0.15, 0.2) is 0 Å². The quantitative estimate of drug-likeness (QED) is 0.526. The summed E-state index contributed by atoms with van der Waals surface area (Å²) >= 11 is 0. The molecule has 6 nitrogen and oxygen atoms in total. The molecule has 0 saturated heterocycles. The highest BCUT2D eigenvalue weighted by Crippen LogP contribution is 1.97. The topological polar surface area (TPSA) is 101 Å². The van der Waals surface area contributed by atoms with Crippen molar-refractivity contribution in [1.29, 1.82) is 0 Å². The number of hydrogen-bond donors (Lipinski definition) is 3. The highest BCUT2D eigenvalue weighted by Gasteiger charge is 2.11. The Kier molecular flexibility index (Phi) is 8.11. The predicted molar refractivity (Wildman–Crippen MR) is 68.0 cm³/mol. The van der Waals surface area contributed by atoms with Crippen LogP contribution in [0.1, 0.15) is 33.1 Å². The number of nitrogens with one attached hydrogen (secondary N) is 2.